The first-order chi connectivity index (χ1) is 9.75. The number of hydrogen-bond acceptors (Lipinski definition) is 3. The second-order valence-corrected chi connectivity index (χ2v) is 5.81. The van der Waals surface area contributed by atoms with Crippen molar-refractivity contribution in [2.24, 2.45) is 5.92 Å². The van der Waals surface area contributed by atoms with E-state index in [0.29, 0.717) is 18.6 Å². The molecule has 108 valence electrons. The Balaban J connectivity index is 1.72. The van der Waals surface area contributed by atoms with E-state index < -0.39 is 0 Å². The Labute approximate surface area is 119 Å². The summed E-state index contributed by atoms with van der Waals surface area (Å²) in [7, 11) is 0. The van der Waals surface area contributed by atoms with E-state index in [1.165, 1.54) is 0 Å². The third-order valence-electron chi connectivity index (χ3n) is 4.39. The van der Waals surface area contributed by atoms with E-state index in [1.807, 2.05) is 24.3 Å². The minimum atomic E-state index is -0.0676. The zero-order valence-corrected chi connectivity index (χ0v) is 11.9. The van der Waals surface area contributed by atoms with Gasteiger partial charge in [0, 0.05) is 11.6 Å². The minimum Gasteiger partial charge on any atom is -0.493 e. The molecular weight excluding hydrogens is 252 g/mol. The van der Waals surface area contributed by atoms with Crippen molar-refractivity contribution in [2.45, 2.75) is 31.7 Å². The average Bonchev–Trinajstić information content (AvgIpc) is 2.49. The number of benzene rings is 1. The van der Waals surface area contributed by atoms with Crippen molar-refractivity contribution in [3.05, 3.63) is 29.8 Å². The van der Waals surface area contributed by atoms with Gasteiger partial charge in [0.05, 0.1) is 12.5 Å². The van der Waals surface area contributed by atoms with Gasteiger partial charge in [-0.3, -0.25) is 4.79 Å². The predicted octanol–water partition coefficient (Wildman–Crippen LogP) is 1.67. The van der Waals surface area contributed by atoms with Crippen LogP contribution in [0.1, 0.15) is 31.2 Å². The van der Waals surface area contributed by atoms with Crippen LogP contribution >= 0.6 is 0 Å². The van der Waals surface area contributed by atoms with E-state index in [9.17, 15) is 4.79 Å². The van der Waals surface area contributed by atoms with Crippen LogP contribution in [-0.4, -0.2) is 31.6 Å². The quantitative estimate of drug-likeness (QED) is 0.862. The monoisotopic (exact) mass is 274 g/mol. The van der Waals surface area contributed by atoms with Crippen molar-refractivity contribution in [2.75, 3.05) is 19.7 Å². The summed E-state index contributed by atoms with van der Waals surface area (Å²) in [5.74, 6) is 1.43. The molecule has 1 aromatic rings. The second-order valence-electron chi connectivity index (χ2n) is 5.81. The summed E-state index contributed by atoms with van der Waals surface area (Å²) >= 11 is 0. The molecule has 0 saturated carbocycles. The summed E-state index contributed by atoms with van der Waals surface area (Å²) in [6, 6.07) is 8.17. The molecule has 20 heavy (non-hydrogen) atoms. The maximum absolute atomic E-state index is 12.6. The summed E-state index contributed by atoms with van der Waals surface area (Å²) in [6.45, 7) is 4.78. The molecule has 2 aliphatic rings. The van der Waals surface area contributed by atoms with Crippen molar-refractivity contribution in [3.63, 3.8) is 0 Å². The van der Waals surface area contributed by atoms with Crippen molar-refractivity contribution in [3.8, 4) is 5.75 Å². The van der Waals surface area contributed by atoms with Crippen LogP contribution in [0.4, 0.5) is 0 Å². The highest BCUT2D eigenvalue weighted by Gasteiger charge is 2.30. The molecule has 0 aromatic heterocycles. The molecule has 4 heteroatoms. The van der Waals surface area contributed by atoms with E-state index in [2.05, 4.69) is 17.6 Å². The predicted molar refractivity (Wildman–Crippen MR) is 77.9 cm³/mol. The smallest absolute Gasteiger partial charge is 0.228 e. The van der Waals surface area contributed by atoms with Gasteiger partial charge in [0.15, 0.2) is 0 Å². The number of para-hydroxylation sites is 1. The number of carbonyl (C=O) groups excluding carboxylic acids is 1. The van der Waals surface area contributed by atoms with Crippen LogP contribution in [0, 0.1) is 5.92 Å². The Morgan fingerprint density at radius 3 is 3.05 bits per heavy atom. The lowest BCUT2D eigenvalue weighted by Crippen LogP contribution is -2.49. The molecule has 1 fully saturated rings. The molecule has 3 rings (SSSR count). The van der Waals surface area contributed by atoms with Crippen LogP contribution in [0.5, 0.6) is 5.75 Å². The van der Waals surface area contributed by atoms with Gasteiger partial charge in [-0.1, -0.05) is 25.1 Å². The van der Waals surface area contributed by atoms with Crippen molar-refractivity contribution in [1.29, 1.82) is 0 Å². The molecule has 3 unspecified atom stereocenters. The largest absolute Gasteiger partial charge is 0.493 e. The van der Waals surface area contributed by atoms with Crippen LogP contribution < -0.4 is 15.4 Å². The number of nitrogens with one attached hydrogen (secondary N) is 2. The zero-order valence-electron chi connectivity index (χ0n) is 11.9. The maximum atomic E-state index is 12.6. The standard InChI is InChI=1S/C16H22N2O2/c1-11-10-17-8-6-14(11)18-16(19)13-7-9-20-15-5-3-2-4-12(13)15/h2-5,11,13-14,17H,6-10H2,1H3,(H,18,19). The summed E-state index contributed by atoms with van der Waals surface area (Å²) < 4.78 is 5.62. The fourth-order valence-electron chi connectivity index (χ4n) is 3.13. The first-order valence-corrected chi connectivity index (χ1v) is 7.48. The number of carbonyl (C=O) groups is 1. The number of rotatable bonds is 2. The Morgan fingerprint density at radius 2 is 2.20 bits per heavy atom. The number of fused-ring (bicyclic) bond motifs is 1. The molecule has 0 spiro atoms. The van der Waals surface area contributed by atoms with Crippen LogP contribution in [0.2, 0.25) is 0 Å². The van der Waals surface area contributed by atoms with Gasteiger partial charge in [0.25, 0.3) is 0 Å². The van der Waals surface area contributed by atoms with Gasteiger partial charge in [-0.05, 0) is 37.9 Å². The summed E-state index contributed by atoms with van der Waals surface area (Å²) in [5, 5.41) is 6.61. The molecular formula is C16H22N2O2. The summed E-state index contributed by atoms with van der Waals surface area (Å²) in [4.78, 5) is 12.6. The topological polar surface area (TPSA) is 50.4 Å². The highest BCUT2D eigenvalue weighted by molar-refractivity contribution is 5.85. The molecule has 3 atom stereocenters. The molecule has 2 N–H and O–H groups in total. The number of amides is 1. The number of piperidine rings is 1. The minimum absolute atomic E-state index is 0.0676. The van der Waals surface area contributed by atoms with Gasteiger partial charge in [-0.15, -0.1) is 0 Å². The van der Waals surface area contributed by atoms with E-state index in [0.717, 1.165) is 37.2 Å². The molecule has 0 bridgehead atoms. The van der Waals surface area contributed by atoms with Gasteiger partial charge in [0.1, 0.15) is 5.75 Å². The normalized spacial score (nSPS) is 29.1. The Hall–Kier alpha value is -1.55. The number of ether oxygens (including phenoxy) is 1. The number of hydrogen-bond donors (Lipinski definition) is 2. The van der Waals surface area contributed by atoms with Crippen LogP contribution in [-0.2, 0) is 4.79 Å². The fraction of sp³-hybridized carbons (Fsp3) is 0.562. The van der Waals surface area contributed by atoms with E-state index in [-0.39, 0.29) is 11.8 Å². The molecule has 0 aliphatic carbocycles. The lowest BCUT2D eigenvalue weighted by Gasteiger charge is -2.32. The van der Waals surface area contributed by atoms with E-state index in [4.69, 9.17) is 4.74 Å². The van der Waals surface area contributed by atoms with Crippen LogP contribution in [0.15, 0.2) is 24.3 Å². The third-order valence-corrected chi connectivity index (χ3v) is 4.39. The van der Waals surface area contributed by atoms with Gasteiger partial charge >= 0.3 is 0 Å². The molecule has 1 saturated heterocycles. The lowest BCUT2D eigenvalue weighted by atomic mass is 9.90. The van der Waals surface area contributed by atoms with Gasteiger partial charge < -0.3 is 15.4 Å². The van der Waals surface area contributed by atoms with Gasteiger partial charge in [-0.25, -0.2) is 0 Å². The first-order valence-electron chi connectivity index (χ1n) is 7.48. The van der Waals surface area contributed by atoms with E-state index in [1.54, 1.807) is 0 Å². The lowest BCUT2D eigenvalue weighted by molar-refractivity contribution is -0.124. The van der Waals surface area contributed by atoms with Crippen molar-refractivity contribution < 1.29 is 9.53 Å². The Bertz CT molecular complexity index is 489. The molecule has 0 radical (unpaired) electrons. The zero-order chi connectivity index (χ0) is 13.9. The second kappa shape index (κ2) is 5.83. The Morgan fingerprint density at radius 1 is 1.35 bits per heavy atom. The molecule has 1 aromatic carbocycles. The average molecular weight is 274 g/mol. The van der Waals surface area contributed by atoms with Crippen molar-refractivity contribution in [1.82, 2.24) is 10.6 Å². The SMILES string of the molecule is CC1CNCCC1NC(=O)C1CCOc2ccccc21. The van der Waals surface area contributed by atoms with Crippen LogP contribution in [0.3, 0.4) is 0 Å². The van der Waals surface area contributed by atoms with Crippen molar-refractivity contribution >= 4 is 5.91 Å². The van der Waals surface area contributed by atoms with Gasteiger partial charge in [0.2, 0.25) is 5.91 Å². The first kappa shape index (κ1) is 13.4. The maximum Gasteiger partial charge on any atom is 0.228 e. The van der Waals surface area contributed by atoms with E-state index >= 15 is 0 Å². The molecule has 1 amide bonds. The highest BCUT2D eigenvalue weighted by atomic mass is 16.5. The molecule has 2 aliphatic heterocycles. The molecule has 4 nitrogen and oxygen atoms in total. The van der Waals surface area contributed by atoms with Crippen LogP contribution in [0.25, 0.3) is 0 Å². The summed E-state index contributed by atoms with van der Waals surface area (Å²) in [5.41, 5.74) is 1.03. The third kappa shape index (κ3) is 2.66. The summed E-state index contributed by atoms with van der Waals surface area (Å²) in [6.07, 6.45) is 1.78. The molecule has 2 heterocycles. The highest BCUT2D eigenvalue weighted by Crippen LogP contribution is 2.33. The fourth-order valence-corrected chi connectivity index (χ4v) is 3.13. The Kier molecular flexibility index (Phi) is 3.92. The van der Waals surface area contributed by atoms with Gasteiger partial charge in [-0.2, -0.15) is 0 Å².